The van der Waals surface area contributed by atoms with Crippen molar-refractivity contribution >= 4 is 6.09 Å². The number of hydrogen-bond donors (Lipinski definition) is 3. The molecule has 0 aromatic carbocycles. The van der Waals surface area contributed by atoms with Crippen LogP contribution in [-0.4, -0.2) is 42.5 Å². The monoisotopic (exact) mass is 246 g/mol. The van der Waals surface area contributed by atoms with Crippen LogP contribution in [0.5, 0.6) is 0 Å². The molecule has 5 heteroatoms. The molecule has 1 amide bonds. The third-order valence-electron chi connectivity index (χ3n) is 2.06. The van der Waals surface area contributed by atoms with E-state index in [1.165, 1.54) is 0 Å². The van der Waals surface area contributed by atoms with Gasteiger partial charge < -0.3 is 20.5 Å². The lowest BCUT2D eigenvalue weighted by atomic mass is 10.1. The SMILES string of the molecule is CC(C)(C)OC(=O)NC1CCNCC1.CCO. The van der Waals surface area contributed by atoms with Gasteiger partial charge in [0.05, 0.1) is 0 Å². The van der Waals surface area contributed by atoms with Gasteiger partial charge in [-0.2, -0.15) is 0 Å². The molecule has 1 rings (SSSR count). The van der Waals surface area contributed by atoms with E-state index in [2.05, 4.69) is 10.6 Å². The summed E-state index contributed by atoms with van der Waals surface area (Å²) in [5.41, 5.74) is -0.406. The lowest BCUT2D eigenvalue weighted by Crippen LogP contribution is -2.44. The van der Waals surface area contributed by atoms with Crippen LogP contribution in [0.4, 0.5) is 4.79 Å². The molecule has 1 fully saturated rings. The van der Waals surface area contributed by atoms with Crippen LogP contribution in [0.25, 0.3) is 0 Å². The van der Waals surface area contributed by atoms with Crippen LogP contribution in [0, 0.1) is 0 Å². The second-order valence-electron chi connectivity index (χ2n) is 4.99. The summed E-state index contributed by atoms with van der Waals surface area (Å²) in [6, 6.07) is 0.270. The van der Waals surface area contributed by atoms with E-state index in [1.54, 1.807) is 6.92 Å². The van der Waals surface area contributed by atoms with Crippen LogP contribution in [0.15, 0.2) is 0 Å². The summed E-state index contributed by atoms with van der Waals surface area (Å²) in [5, 5.41) is 13.7. The number of aliphatic hydroxyl groups is 1. The normalized spacial score (nSPS) is 16.8. The summed E-state index contributed by atoms with van der Waals surface area (Å²) in [6.45, 7) is 9.49. The van der Waals surface area contributed by atoms with E-state index in [4.69, 9.17) is 9.84 Å². The number of rotatable bonds is 1. The van der Waals surface area contributed by atoms with Crippen molar-refractivity contribution < 1.29 is 14.6 Å². The molecule has 102 valence electrons. The molecule has 1 heterocycles. The summed E-state index contributed by atoms with van der Waals surface area (Å²) < 4.78 is 5.17. The molecule has 0 spiro atoms. The van der Waals surface area contributed by atoms with E-state index >= 15 is 0 Å². The molecular weight excluding hydrogens is 220 g/mol. The average molecular weight is 246 g/mol. The average Bonchev–Trinajstić information content (AvgIpc) is 2.17. The maximum atomic E-state index is 11.4. The fourth-order valence-corrected chi connectivity index (χ4v) is 1.44. The number of amides is 1. The van der Waals surface area contributed by atoms with Crippen molar-refractivity contribution in [2.24, 2.45) is 0 Å². The standard InChI is InChI=1S/C10H20N2O2.C2H6O/c1-10(2,3)14-9(13)12-8-4-6-11-7-5-8;1-2-3/h8,11H,4-7H2,1-3H3,(H,12,13);3H,2H2,1H3. The third kappa shape index (κ3) is 10.1. The molecule has 0 unspecified atom stereocenters. The first-order valence-corrected chi connectivity index (χ1v) is 6.20. The van der Waals surface area contributed by atoms with Gasteiger partial charge in [-0.1, -0.05) is 0 Å². The summed E-state index contributed by atoms with van der Waals surface area (Å²) in [5.74, 6) is 0. The third-order valence-corrected chi connectivity index (χ3v) is 2.06. The number of nitrogens with one attached hydrogen (secondary N) is 2. The fraction of sp³-hybridized carbons (Fsp3) is 0.917. The Hall–Kier alpha value is -0.810. The van der Waals surface area contributed by atoms with Gasteiger partial charge in [-0.15, -0.1) is 0 Å². The molecule has 0 radical (unpaired) electrons. The van der Waals surface area contributed by atoms with Crippen molar-refractivity contribution in [1.29, 1.82) is 0 Å². The number of carbonyl (C=O) groups excluding carboxylic acids is 1. The molecule has 0 aromatic heterocycles. The van der Waals surface area contributed by atoms with E-state index in [-0.39, 0.29) is 18.7 Å². The van der Waals surface area contributed by atoms with Crippen LogP contribution in [0.3, 0.4) is 0 Å². The Labute approximate surface area is 104 Å². The molecule has 0 bridgehead atoms. The molecule has 0 atom stereocenters. The number of aliphatic hydroxyl groups excluding tert-OH is 1. The van der Waals surface area contributed by atoms with Crippen LogP contribution < -0.4 is 10.6 Å². The van der Waals surface area contributed by atoms with Gasteiger partial charge in [-0.25, -0.2) is 4.79 Å². The summed E-state index contributed by atoms with van der Waals surface area (Å²) in [4.78, 5) is 11.4. The summed E-state index contributed by atoms with van der Waals surface area (Å²) >= 11 is 0. The molecule has 0 saturated carbocycles. The lowest BCUT2D eigenvalue weighted by molar-refractivity contribution is 0.0495. The molecule has 3 N–H and O–H groups in total. The van der Waals surface area contributed by atoms with Gasteiger partial charge in [0.2, 0.25) is 0 Å². The fourth-order valence-electron chi connectivity index (χ4n) is 1.44. The zero-order valence-corrected chi connectivity index (χ0v) is 11.4. The second kappa shape index (κ2) is 8.31. The number of ether oxygens (including phenoxy) is 1. The zero-order chi connectivity index (χ0) is 13.3. The number of piperidine rings is 1. The highest BCUT2D eigenvalue weighted by Gasteiger charge is 2.20. The first-order valence-electron chi connectivity index (χ1n) is 6.20. The largest absolute Gasteiger partial charge is 0.444 e. The van der Waals surface area contributed by atoms with E-state index < -0.39 is 5.60 Å². The Morgan fingerprint density at radius 2 is 1.88 bits per heavy atom. The first kappa shape index (κ1) is 16.2. The van der Waals surface area contributed by atoms with E-state index in [1.807, 2.05) is 20.8 Å². The van der Waals surface area contributed by atoms with Crippen molar-refractivity contribution in [3.63, 3.8) is 0 Å². The Kier molecular flexibility index (Phi) is 7.91. The quantitative estimate of drug-likeness (QED) is 0.651. The number of alkyl carbamates (subject to hydrolysis) is 1. The minimum Gasteiger partial charge on any atom is -0.444 e. The smallest absolute Gasteiger partial charge is 0.407 e. The Balaban J connectivity index is 0.000000770. The van der Waals surface area contributed by atoms with Gasteiger partial charge in [-0.05, 0) is 53.6 Å². The van der Waals surface area contributed by atoms with Gasteiger partial charge in [0, 0.05) is 12.6 Å². The van der Waals surface area contributed by atoms with Crippen LogP contribution in [-0.2, 0) is 4.74 Å². The lowest BCUT2D eigenvalue weighted by Gasteiger charge is -2.26. The maximum absolute atomic E-state index is 11.4. The molecule has 1 aliphatic heterocycles. The summed E-state index contributed by atoms with van der Waals surface area (Å²) in [6.07, 6.45) is 1.67. The van der Waals surface area contributed by atoms with Crippen molar-refractivity contribution in [3.8, 4) is 0 Å². The minimum atomic E-state index is -0.406. The molecule has 17 heavy (non-hydrogen) atoms. The van der Waals surface area contributed by atoms with Crippen molar-refractivity contribution in [2.75, 3.05) is 19.7 Å². The van der Waals surface area contributed by atoms with Gasteiger partial charge in [0.15, 0.2) is 0 Å². The van der Waals surface area contributed by atoms with Crippen molar-refractivity contribution in [2.45, 2.75) is 52.2 Å². The van der Waals surface area contributed by atoms with Gasteiger partial charge in [-0.3, -0.25) is 0 Å². The Morgan fingerprint density at radius 3 is 2.29 bits per heavy atom. The van der Waals surface area contributed by atoms with Crippen LogP contribution in [0.1, 0.15) is 40.5 Å². The van der Waals surface area contributed by atoms with Crippen molar-refractivity contribution in [3.05, 3.63) is 0 Å². The van der Waals surface area contributed by atoms with Crippen molar-refractivity contribution in [1.82, 2.24) is 10.6 Å². The Morgan fingerprint density at radius 1 is 1.41 bits per heavy atom. The molecule has 0 aromatic rings. The topological polar surface area (TPSA) is 70.6 Å². The van der Waals surface area contributed by atoms with E-state index in [0.717, 1.165) is 25.9 Å². The predicted molar refractivity (Wildman–Crippen MR) is 68.0 cm³/mol. The minimum absolute atomic E-state index is 0.250. The summed E-state index contributed by atoms with van der Waals surface area (Å²) in [7, 11) is 0. The molecular formula is C12H26N2O3. The number of hydrogen-bond acceptors (Lipinski definition) is 4. The highest BCUT2D eigenvalue weighted by atomic mass is 16.6. The molecule has 0 aliphatic carbocycles. The Bertz CT molecular complexity index is 208. The maximum Gasteiger partial charge on any atom is 0.407 e. The highest BCUT2D eigenvalue weighted by Crippen LogP contribution is 2.08. The van der Waals surface area contributed by atoms with Gasteiger partial charge in [0.25, 0.3) is 0 Å². The highest BCUT2D eigenvalue weighted by molar-refractivity contribution is 5.68. The van der Waals surface area contributed by atoms with Crippen LogP contribution >= 0.6 is 0 Å². The predicted octanol–water partition coefficient (Wildman–Crippen LogP) is 1.26. The van der Waals surface area contributed by atoms with Gasteiger partial charge >= 0.3 is 6.09 Å². The van der Waals surface area contributed by atoms with Crippen LogP contribution in [0.2, 0.25) is 0 Å². The zero-order valence-electron chi connectivity index (χ0n) is 11.4. The van der Waals surface area contributed by atoms with E-state index in [9.17, 15) is 4.79 Å². The first-order chi connectivity index (χ1) is 7.89. The molecule has 1 aliphatic rings. The molecule has 1 saturated heterocycles. The van der Waals surface area contributed by atoms with E-state index in [0.29, 0.717) is 0 Å². The van der Waals surface area contributed by atoms with Gasteiger partial charge in [0.1, 0.15) is 5.60 Å². The second-order valence-corrected chi connectivity index (χ2v) is 4.99. The number of carbonyl (C=O) groups is 1. The molecule has 5 nitrogen and oxygen atoms in total.